The molecule has 6 nitrogen and oxygen atoms in total. The molecule has 0 atom stereocenters. The second kappa shape index (κ2) is 8.77. The van der Waals surface area contributed by atoms with Crippen LogP contribution >= 0.6 is 23.2 Å². The van der Waals surface area contributed by atoms with Gasteiger partial charge in [0.1, 0.15) is 5.82 Å². The number of carbonyl (C=O) groups is 1. The van der Waals surface area contributed by atoms with Crippen LogP contribution in [0, 0.1) is 5.82 Å². The van der Waals surface area contributed by atoms with E-state index in [9.17, 15) is 9.18 Å². The monoisotopic (exact) mass is 479 g/mol. The normalized spacial score (nSPS) is 11.2. The molecule has 0 aliphatic carbocycles. The van der Waals surface area contributed by atoms with Gasteiger partial charge in [0.05, 0.1) is 15.6 Å². The highest BCUT2D eigenvalue weighted by molar-refractivity contribution is 6.35. The number of carbonyl (C=O) groups excluding carboxylic acids is 1. The van der Waals surface area contributed by atoms with Gasteiger partial charge >= 0.3 is 0 Å². The Balaban J connectivity index is 1.31. The quantitative estimate of drug-likeness (QED) is 0.349. The van der Waals surface area contributed by atoms with E-state index in [0.29, 0.717) is 38.6 Å². The van der Waals surface area contributed by atoms with Crippen LogP contribution in [0.5, 0.6) is 0 Å². The summed E-state index contributed by atoms with van der Waals surface area (Å²) in [6.45, 7) is -0.0197. The van der Waals surface area contributed by atoms with Crippen LogP contribution in [-0.2, 0) is 13.0 Å². The molecule has 0 bridgehead atoms. The molecule has 0 aliphatic rings. The van der Waals surface area contributed by atoms with Crippen molar-refractivity contribution in [1.82, 2.24) is 25.3 Å². The minimum Gasteiger partial charge on any atom is -0.360 e. The molecule has 0 spiro atoms. The average Bonchev–Trinajstić information content (AvgIpc) is 3.16. The van der Waals surface area contributed by atoms with Gasteiger partial charge in [-0.2, -0.15) is 0 Å². The molecule has 0 saturated heterocycles. The van der Waals surface area contributed by atoms with Gasteiger partial charge < -0.3 is 10.3 Å². The summed E-state index contributed by atoms with van der Waals surface area (Å²) >= 11 is 12.2. The number of nitrogens with one attached hydrogen (secondary N) is 2. The van der Waals surface area contributed by atoms with E-state index in [1.807, 2.05) is 24.3 Å². The fourth-order valence-corrected chi connectivity index (χ4v) is 4.00. The highest BCUT2D eigenvalue weighted by Gasteiger charge is 2.13. The molecule has 1 amide bonds. The lowest BCUT2D eigenvalue weighted by molar-refractivity contribution is 0.0940. The minimum absolute atomic E-state index is 0.0131. The van der Waals surface area contributed by atoms with E-state index in [-0.39, 0.29) is 12.4 Å². The van der Waals surface area contributed by atoms with Crippen molar-refractivity contribution in [2.45, 2.75) is 13.0 Å². The van der Waals surface area contributed by atoms with Crippen molar-refractivity contribution in [3.05, 3.63) is 99.6 Å². The number of nitrogens with zero attached hydrogens (tertiary/aromatic N) is 3. The second-order valence-corrected chi connectivity index (χ2v) is 8.38. The molecule has 164 valence electrons. The summed E-state index contributed by atoms with van der Waals surface area (Å²) in [6, 6.07) is 12.4. The Hall–Kier alpha value is -3.55. The van der Waals surface area contributed by atoms with Gasteiger partial charge in [-0.15, -0.1) is 0 Å². The van der Waals surface area contributed by atoms with Crippen LogP contribution in [-0.4, -0.2) is 25.8 Å². The van der Waals surface area contributed by atoms with Crippen molar-refractivity contribution in [3.8, 4) is 0 Å². The maximum atomic E-state index is 14.4. The average molecular weight is 480 g/mol. The van der Waals surface area contributed by atoms with Gasteiger partial charge in [-0.3, -0.25) is 9.78 Å². The van der Waals surface area contributed by atoms with Gasteiger partial charge in [-0.25, -0.2) is 14.4 Å². The third-order valence-electron chi connectivity index (χ3n) is 5.25. The number of halogens is 3. The van der Waals surface area contributed by atoms with E-state index < -0.39 is 11.7 Å². The standard InChI is InChI=1S/C24H16Cl2FN5O/c25-16-7-14-5-13(1-2-21(14)29-11-16)6-17-3-4-28-23(32-17)24(33)31-10-15-8-18-19(26)12-30-22(18)9-20(15)27/h1-5,7-9,11-12,30H,6,10H2,(H,31,33). The molecule has 0 saturated carbocycles. The Labute approximate surface area is 197 Å². The number of fused-ring (bicyclic) bond motifs is 2. The molecule has 9 heteroatoms. The summed E-state index contributed by atoms with van der Waals surface area (Å²) in [6.07, 6.45) is 5.23. The minimum atomic E-state index is -0.494. The molecule has 2 aromatic carbocycles. The first-order chi connectivity index (χ1) is 16.0. The molecular weight excluding hydrogens is 464 g/mol. The van der Waals surface area contributed by atoms with Crippen LogP contribution in [0.25, 0.3) is 21.8 Å². The van der Waals surface area contributed by atoms with Crippen molar-refractivity contribution >= 4 is 50.9 Å². The predicted octanol–water partition coefficient (Wildman–Crippen LogP) is 5.47. The lowest BCUT2D eigenvalue weighted by Crippen LogP contribution is -2.25. The Morgan fingerprint density at radius 2 is 1.97 bits per heavy atom. The second-order valence-electron chi connectivity index (χ2n) is 7.54. The van der Waals surface area contributed by atoms with E-state index in [1.165, 1.54) is 12.3 Å². The zero-order valence-electron chi connectivity index (χ0n) is 17.1. The third kappa shape index (κ3) is 4.51. The van der Waals surface area contributed by atoms with Gasteiger partial charge in [0.2, 0.25) is 5.82 Å². The number of hydrogen-bond donors (Lipinski definition) is 2. The highest BCUT2D eigenvalue weighted by atomic mass is 35.5. The SMILES string of the molecule is O=C(NCc1cc2c(Cl)c[nH]c2cc1F)c1nccc(Cc2ccc3ncc(Cl)cc3c2)n1. The number of aromatic nitrogens is 4. The molecule has 0 aliphatic heterocycles. The zero-order valence-corrected chi connectivity index (χ0v) is 18.6. The molecule has 3 aromatic heterocycles. The van der Waals surface area contributed by atoms with E-state index in [1.54, 1.807) is 24.5 Å². The van der Waals surface area contributed by atoms with Crippen molar-refractivity contribution < 1.29 is 9.18 Å². The summed E-state index contributed by atoms with van der Waals surface area (Å²) in [5, 5.41) is 5.34. The van der Waals surface area contributed by atoms with Crippen LogP contribution in [0.3, 0.4) is 0 Å². The molecule has 0 fully saturated rings. The molecular formula is C24H16Cl2FN5O. The summed E-state index contributed by atoms with van der Waals surface area (Å²) in [4.78, 5) is 28.2. The lowest BCUT2D eigenvalue weighted by Gasteiger charge is -2.08. The lowest BCUT2D eigenvalue weighted by atomic mass is 10.1. The number of amides is 1. The van der Waals surface area contributed by atoms with E-state index >= 15 is 0 Å². The van der Waals surface area contributed by atoms with E-state index in [2.05, 4.69) is 25.3 Å². The predicted molar refractivity (Wildman–Crippen MR) is 126 cm³/mol. The highest BCUT2D eigenvalue weighted by Crippen LogP contribution is 2.26. The largest absolute Gasteiger partial charge is 0.360 e. The zero-order chi connectivity index (χ0) is 22.9. The van der Waals surface area contributed by atoms with Crippen LogP contribution < -0.4 is 5.32 Å². The molecule has 5 rings (SSSR count). The molecule has 5 aromatic rings. The summed E-state index contributed by atoms with van der Waals surface area (Å²) in [5.41, 5.74) is 3.43. The first-order valence-electron chi connectivity index (χ1n) is 10.1. The molecule has 3 heterocycles. The van der Waals surface area contributed by atoms with Crippen LogP contribution in [0.2, 0.25) is 10.0 Å². The fraction of sp³-hybridized carbons (Fsp3) is 0.0833. The molecule has 0 unspecified atom stereocenters. The van der Waals surface area contributed by atoms with Gasteiger partial charge in [0.25, 0.3) is 5.91 Å². The summed E-state index contributed by atoms with van der Waals surface area (Å²) in [7, 11) is 0. The van der Waals surface area contributed by atoms with Gasteiger partial charge in [0, 0.05) is 59.1 Å². The Morgan fingerprint density at radius 3 is 2.85 bits per heavy atom. The summed E-state index contributed by atoms with van der Waals surface area (Å²) in [5.74, 6) is -0.924. The van der Waals surface area contributed by atoms with Crippen molar-refractivity contribution in [1.29, 1.82) is 0 Å². The van der Waals surface area contributed by atoms with E-state index in [4.69, 9.17) is 23.2 Å². The van der Waals surface area contributed by atoms with Crippen molar-refractivity contribution in [2.24, 2.45) is 0 Å². The number of hydrogen-bond acceptors (Lipinski definition) is 4. The first-order valence-corrected chi connectivity index (χ1v) is 10.8. The van der Waals surface area contributed by atoms with Crippen LogP contribution in [0.4, 0.5) is 4.39 Å². The maximum Gasteiger partial charge on any atom is 0.289 e. The van der Waals surface area contributed by atoms with Gasteiger partial charge in [-0.05, 0) is 42.0 Å². The number of rotatable bonds is 5. The molecule has 0 radical (unpaired) electrons. The van der Waals surface area contributed by atoms with Crippen LogP contribution in [0.15, 0.2) is 61.1 Å². The molecule has 33 heavy (non-hydrogen) atoms. The number of benzene rings is 2. The van der Waals surface area contributed by atoms with E-state index in [0.717, 1.165) is 16.5 Å². The Bertz CT molecular complexity index is 1520. The third-order valence-corrected chi connectivity index (χ3v) is 5.77. The van der Waals surface area contributed by atoms with Gasteiger partial charge in [0.15, 0.2) is 0 Å². The Kier molecular flexibility index (Phi) is 5.66. The number of pyridine rings is 1. The van der Waals surface area contributed by atoms with Crippen LogP contribution in [0.1, 0.15) is 27.4 Å². The summed E-state index contributed by atoms with van der Waals surface area (Å²) < 4.78 is 14.4. The van der Waals surface area contributed by atoms with Crippen molar-refractivity contribution in [3.63, 3.8) is 0 Å². The Morgan fingerprint density at radius 1 is 1.09 bits per heavy atom. The topological polar surface area (TPSA) is 83.6 Å². The maximum absolute atomic E-state index is 14.4. The van der Waals surface area contributed by atoms with Gasteiger partial charge in [-0.1, -0.05) is 29.3 Å². The molecule has 2 N–H and O–H groups in total. The fourth-order valence-electron chi connectivity index (χ4n) is 3.62. The smallest absolute Gasteiger partial charge is 0.289 e. The number of H-pyrrole nitrogens is 1. The number of aromatic amines is 1. The first kappa shape index (κ1) is 21.3. The van der Waals surface area contributed by atoms with Crippen molar-refractivity contribution in [2.75, 3.05) is 0 Å².